The average molecular weight is 418 g/mol. The van der Waals surface area contributed by atoms with E-state index in [1.807, 2.05) is 6.07 Å². The normalized spacial score (nSPS) is 13.1. The molecule has 1 atom stereocenters. The molecule has 1 N–H and O–H groups in total. The van der Waals surface area contributed by atoms with Gasteiger partial charge in [-0.25, -0.2) is 9.99 Å². The van der Waals surface area contributed by atoms with Gasteiger partial charge in [-0.15, -0.1) is 0 Å². The molecule has 0 aliphatic rings. The highest BCUT2D eigenvalue weighted by Crippen LogP contribution is 2.24. The van der Waals surface area contributed by atoms with Gasteiger partial charge in [-0.05, 0) is 25.8 Å². The standard InChI is InChI=1S/C22H38F3N3O/c1-4-6-7-8-9-10-11-18-28(17-5-2)26-16-15-20-13-12-14-21(27-20)29-19(3)22(23,24)25/h12-14,19,26H,4-11,15-18H2,1-3H3. The number of hydrazine groups is 1. The van der Waals surface area contributed by atoms with E-state index in [1.54, 1.807) is 6.07 Å². The number of ether oxygens (including phenoxy) is 1. The summed E-state index contributed by atoms with van der Waals surface area (Å²) in [4.78, 5) is 4.20. The quantitative estimate of drug-likeness (QED) is 0.268. The van der Waals surface area contributed by atoms with Crippen LogP contribution in [0, 0.1) is 0 Å². The minimum Gasteiger partial charge on any atom is -0.465 e. The highest BCUT2D eigenvalue weighted by atomic mass is 19.4. The van der Waals surface area contributed by atoms with Crippen molar-refractivity contribution in [3.63, 3.8) is 0 Å². The zero-order chi connectivity index (χ0) is 21.5. The van der Waals surface area contributed by atoms with Crippen LogP contribution in [0.5, 0.6) is 5.88 Å². The van der Waals surface area contributed by atoms with Crippen molar-refractivity contribution in [2.24, 2.45) is 0 Å². The van der Waals surface area contributed by atoms with Crippen LogP contribution in [-0.4, -0.2) is 41.9 Å². The second-order valence-corrected chi connectivity index (χ2v) is 7.54. The lowest BCUT2D eigenvalue weighted by atomic mass is 10.1. The Kier molecular flexibility index (Phi) is 12.9. The van der Waals surface area contributed by atoms with Gasteiger partial charge in [0, 0.05) is 37.8 Å². The number of alkyl halides is 3. The van der Waals surface area contributed by atoms with Gasteiger partial charge in [0.2, 0.25) is 5.88 Å². The molecule has 0 aliphatic carbocycles. The number of aromatic nitrogens is 1. The Morgan fingerprint density at radius 2 is 1.69 bits per heavy atom. The minimum absolute atomic E-state index is 0.0146. The molecule has 1 rings (SSSR count). The molecule has 168 valence electrons. The Morgan fingerprint density at radius 1 is 1.00 bits per heavy atom. The van der Waals surface area contributed by atoms with E-state index < -0.39 is 12.3 Å². The largest absolute Gasteiger partial charge is 0.465 e. The van der Waals surface area contributed by atoms with Crippen molar-refractivity contribution in [3.8, 4) is 5.88 Å². The number of nitrogens with one attached hydrogen (secondary N) is 1. The summed E-state index contributed by atoms with van der Waals surface area (Å²) < 4.78 is 42.8. The van der Waals surface area contributed by atoms with E-state index in [0.717, 1.165) is 32.1 Å². The second kappa shape index (κ2) is 14.6. The van der Waals surface area contributed by atoms with Crippen LogP contribution in [0.4, 0.5) is 13.2 Å². The number of pyridine rings is 1. The molecule has 1 aromatic rings. The Balaban J connectivity index is 2.34. The maximum absolute atomic E-state index is 12.6. The summed E-state index contributed by atoms with van der Waals surface area (Å²) >= 11 is 0. The molecule has 29 heavy (non-hydrogen) atoms. The summed E-state index contributed by atoms with van der Waals surface area (Å²) in [6, 6.07) is 4.96. The second-order valence-electron chi connectivity index (χ2n) is 7.54. The smallest absolute Gasteiger partial charge is 0.425 e. The predicted molar refractivity (Wildman–Crippen MR) is 112 cm³/mol. The van der Waals surface area contributed by atoms with Crippen molar-refractivity contribution in [1.82, 2.24) is 15.4 Å². The van der Waals surface area contributed by atoms with Crippen molar-refractivity contribution >= 4 is 0 Å². The number of rotatable bonds is 16. The first-order chi connectivity index (χ1) is 13.9. The van der Waals surface area contributed by atoms with Gasteiger partial charge in [0.25, 0.3) is 0 Å². The molecule has 0 bridgehead atoms. The molecule has 0 aliphatic heterocycles. The Morgan fingerprint density at radius 3 is 2.34 bits per heavy atom. The number of hydrogen-bond donors (Lipinski definition) is 1. The molecular weight excluding hydrogens is 379 g/mol. The van der Waals surface area contributed by atoms with Gasteiger partial charge in [-0.3, -0.25) is 5.43 Å². The molecule has 0 amide bonds. The van der Waals surface area contributed by atoms with Crippen molar-refractivity contribution in [3.05, 3.63) is 23.9 Å². The fourth-order valence-electron chi connectivity index (χ4n) is 3.05. The lowest BCUT2D eigenvalue weighted by molar-refractivity contribution is -0.190. The first-order valence-electron chi connectivity index (χ1n) is 11.0. The van der Waals surface area contributed by atoms with Crippen LogP contribution in [-0.2, 0) is 6.42 Å². The fourth-order valence-corrected chi connectivity index (χ4v) is 3.05. The SMILES string of the molecule is CCCCCCCCCN(CCC)NCCc1cccc(OC(C)C(F)(F)F)n1. The minimum atomic E-state index is -4.39. The van der Waals surface area contributed by atoms with Gasteiger partial charge in [-0.1, -0.05) is 58.4 Å². The molecule has 0 radical (unpaired) electrons. The first-order valence-corrected chi connectivity index (χ1v) is 11.0. The number of unbranched alkanes of at least 4 members (excludes halogenated alkanes) is 6. The maximum atomic E-state index is 12.6. The molecule has 7 heteroatoms. The molecule has 1 aromatic heterocycles. The zero-order valence-electron chi connectivity index (χ0n) is 18.2. The third kappa shape index (κ3) is 12.1. The van der Waals surface area contributed by atoms with Crippen molar-refractivity contribution in [2.75, 3.05) is 19.6 Å². The van der Waals surface area contributed by atoms with Gasteiger partial charge in [0.15, 0.2) is 6.10 Å². The summed E-state index contributed by atoms with van der Waals surface area (Å²) in [5, 5.41) is 2.25. The average Bonchev–Trinajstić information content (AvgIpc) is 2.67. The molecule has 0 saturated carbocycles. The van der Waals surface area contributed by atoms with Crippen molar-refractivity contribution in [1.29, 1.82) is 0 Å². The van der Waals surface area contributed by atoms with Gasteiger partial charge in [0.05, 0.1) is 0 Å². The van der Waals surface area contributed by atoms with E-state index in [0.29, 0.717) is 13.0 Å². The molecule has 1 heterocycles. The molecule has 1 unspecified atom stereocenters. The first kappa shape index (κ1) is 25.7. The molecule has 0 saturated heterocycles. The predicted octanol–water partition coefficient (Wildman–Crippen LogP) is 5.92. The van der Waals surface area contributed by atoms with Crippen LogP contribution >= 0.6 is 0 Å². The third-order valence-corrected chi connectivity index (χ3v) is 4.78. The highest BCUT2D eigenvalue weighted by molar-refractivity contribution is 5.16. The van der Waals surface area contributed by atoms with Crippen molar-refractivity contribution < 1.29 is 17.9 Å². The lowest BCUT2D eigenvalue weighted by Gasteiger charge is -2.23. The van der Waals surface area contributed by atoms with Crippen LogP contribution in [0.1, 0.15) is 77.8 Å². The van der Waals surface area contributed by atoms with E-state index in [9.17, 15) is 13.2 Å². The molecular formula is C22H38F3N3O. The van der Waals surface area contributed by atoms with Gasteiger partial charge in [0.1, 0.15) is 0 Å². The van der Waals surface area contributed by atoms with Crippen molar-refractivity contribution in [2.45, 2.75) is 90.8 Å². The van der Waals surface area contributed by atoms with E-state index in [2.05, 4.69) is 29.3 Å². The van der Waals surface area contributed by atoms with Crippen LogP contribution < -0.4 is 10.2 Å². The molecule has 0 fully saturated rings. The monoisotopic (exact) mass is 417 g/mol. The lowest BCUT2D eigenvalue weighted by Crippen LogP contribution is -2.40. The van der Waals surface area contributed by atoms with Crippen LogP contribution in [0.2, 0.25) is 0 Å². The molecule has 0 spiro atoms. The fraction of sp³-hybridized carbons (Fsp3) is 0.773. The van der Waals surface area contributed by atoms with Crippen LogP contribution in [0.25, 0.3) is 0 Å². The molecule has 4 nitrogen and oxygen atoms in total. The van der Waals surface area contributed by atoms with E-state index in [-0.39, 0.29) is 5.88 Å². The van der Waals surface area contributed by atoms with Gasteiger partial charge >= 0.3 is 6.18 Å². The Labute approximate surface area is 174 Å². The summed E-state index contributed by atoms with van der Waals surface area (Å²) in [6.07, 6.45) is 4.44. The number of nitrogens with zero attached hydrogens (tertiary/aromatic N) is 2. The number of halogens is 3. The van der Waals surface area contributed by atoms with E-state index in [1.165, 1.54) is 51.0 Å². The maximum Gasteiger partial charge on any atom is 0.425 e. The third-order valence-electron chi connectivity index (χ3n) is 4.78. The van der Waals surface area contributed by atoms with Crippen LogP contribution in [0.15, 0.2) is 18.2 Å². The van der Waals surface area contributed by atoms with Gasteiger partial charge < -0.3 is 4.74 Å². The summed E-state index contributed by atoms with van der Waals surface area (Å²) in [5.41, 5.74) is 4.16. The summed E-state index contributed by atoms with van der Waals surface area (Å²) in [6.45, 7) is 8.07. The topological polar surface area (TPSA) is 37.4 Å². The van der Waals surface area contributed by atoms with Crippen LogP contribution in [0.3, 0.4) is 0 Å². The summed E-state index contributed by atoms with van der Waals surface area (Å²) in [5.74, 6) is 0.0146. The Hall–Kier alpha value is -1.34. The van der Waals surface area contributed by atoms with Gasteiger partial charge in [-0.2, -0.15) is 13.2 Å². The van der Waals surface area contributed by atoms with E-state index >= 15 is 0 Å². The Bertz CT molecular complexity index is 540. The number of hydrogen-bond acceptors (Lipinski definition) is 4. The molecule has 0 aromatic carbocycles. The highest BCUT2D eigenvalue weighted by Gasteiger charge is 2.38. The zero-order valence-corrected chi connectivity index (χ0v) is 18.2. The van der Waals surface area contributed by atoms with E-state index in [4.69, 9.17) is 4.74 Å². The summed E-state index contributed by atoms with van der Waals surface area (Å²) in [7, 11) is 0.